The third kappa shape index (κ3) is 11.1. The van der Waals surface area contributed by atoms with E-state index in [-0.39, 0.29) is 17.5 Å². The summed E-state index contributed by atoms with van der Waals surface area (Å²) >= 11 is 0. The van der Waals surface area contributed by atoms with Gasteiger partial charge in [0.1, 0.15) is 20.8 Å². The average Bonchev–Trinajstić information content (AvgIpc) is 3.14. The van der Waals surface area contributed by atoms with Crippen molar-refractivity contribution in [1.82, 2.24) is 0 Å². The number of halogens is 4. The second-order valence-electron chi connectivity index (χ2n) is 11.6. The summed E-state index contributed by atoms with van der Waals surface area (Å²) in [5.41, 5.74) is 1.25. The molecule has 11 heteroatoms. The van der Waals surface area contributed by atoms with Gasteiger partial charge in [-0.1, -0.05) is 80.6 Å². The molecule has 5 aromatic carbocycles. The number of rotatable bonds is 15. The molecule has 0 heterocycles. The highest BCUT2D eigenvalue weighted by Gasteiger charge is 2.30. The molecule has 0 aromatic heterocycles. The van der Waals surface area contributed by atoms with E-state index in [9.17, 15) is 30.5 Å². The minimum atomic E-state index is -5.74. The van der Waals surface area contributed by atoms with Crippen molar-refractivity contribution in [1.29, 1.82) is 0 Å². The standard InChI is InChI=1S/C22H26F4O5S.C18H15S/c1-3-14(2)15-8-10-16(11-9-15)30-12-6-4-5-7-13-31-21-17(23)19(25)22(32(27,28)29)20(26)18(21)24;1-4-10-16(11-5-1)19(17-12-6-2-7-13-17)18-14-8-3-9-15-18/h8-11,14H,3-7,12-13H2,1-2H3,(H,27,28,29);1-15H/q;+1/p-1. The predicted molar refractivity (Wildman–Crippen MR) is 190 cm³/mol. The van der Waals surface area contributed by atoms with Crippen molar-refractivity contribution in [2.45, 2.75) is 71.5 Å². The molecule has 1 atom stereocenters. The van der Waals surface area contributed by atoms with E-state index >= 15 is 0 Å². The predicted octanol–water partition coefficient (Wildman–Crippen LogP) is 10.5. The Balaban J connectivity index is 0.000000258. The zero-order valence-electron chi connectivity index (χ0n) is 28.4. The van der Waals surface area contributed by atoms with Crippen molar-refractivity contribution in [2.24, 2.45) is 0 Å². The smallest absolute Gasteiger partial charge is 0.205 e. The molecule has 0 saturated carbocycles. The maximum Gasteiger partial charge on any atom is 0.205 e. The Labute approximate surface area is 300 Å². The molecule has 0 aliphatic carbocycles. The highest BCUT2D eigenvalue weighted by molar-refractivity contribution is 7.97. The zero-order chi connectivity index (χ0) is 36.8. The molecule has 5 nitrogen and oxygen atoms in total. The molecule has 0 amide bonds. The molecule has 0 aliphatic rings. The topological polar surface area (TPSA) is 75.7 Å². The van der Waals surface area contributed by atoms with Gasteiger partial charge in [-0.3, -0.25) is 0 Å². The van der Waals surface area contributed by atoms with Crippen LogP contribution in [0.25, 0.3) is 0 Å². The van der Waals surface area contributed by atoms with Gasteiger partial charge < -0.3 is 14.0 Å². The van der Waals surface area contributed by atoms with E-state index in [4.69, 9.17) is 9.47 Å². The summed E-state index contributed by atoms with van der Waals surface area (Å²) in [6, 6.07) is 40.1. The minimum Gasteiger partial charge on any atom is -0.744 e. The SMILES string of the molecule is CCC(C)c1ccc(OCCCCCCOc2c(F)c(F)c(S(=O)(=O)[O-])c(F)c2F)cc1.c1ccc([S+](c2ccccc2)c2ccccc2)cc1. The van der Waals surface area contributed by atoms with Crippen LogP contribution in [-0.4, -0.2) is 26.2 Å². The fraction of sp³-hybridized carbons (Fsp3) is 0.250. The van der Waals surface area contributed by atoms with Crippen molar-refractivity contribution < 1.29 is 40.0 Å². The summed E-state index contributed by atoms with van der Waals surface area (Å²) < 4.78 is 97.8. The molecule has 0 bridgehead atoms. The van der Waals surface area contributed by atoms with Crippen LogP contribution in [0.1, 0.15) is 57.4 Å². The lowest BCUT2D eigenvalue weighted by Crippen LogP contribution is -2.13. The summed E-state index contributed by atoms with van der Waals surface area (Å²) in [7, 11) is -5.75. The number of unbranched alkanes of at least 4 members (excludes halogenated alkanes) is 3. The number of benzene rings is 5. The van der Waals surface area contributed by atoms with E-state index in [0.717, 1.165) is 25.0 Å². The Hall–Kier alpha value is -4.32. The van der Waals surface area contributed by atoms with E-state index in [1.54, 1.807) is 0 Å². The summed E-state index contributed by atoms with van der Waals surface area (Å²) in [6.07, 6.45) is 3.41. The number of hydrogen-bond acceptors (Lipinski definition) is 5. The second-order valence-corrected chi connectivity index (χ2v) is 14.9. The first kappa shape index (κ1) is 39.5. The molecule has 51 heavy (non-hydrogen) atoms. The fourth-order valence-electron chi connectivity index (χ4n) is 5.07. The largest absolute Gasteiger partial charge is 0.744 e. The second kappa shape index (κ2) is 19.3. The summed E-state index contributed by atoms with van der Waals surface area (Å²) in [4.78, 5) is 1.88. The van der Waals surface area contributed by atoms with Crippen LogP contribution in [0.4, 0.5) is 17.6 Å². The molecule has 0 fully saturated rings. The van der Waals surface area contributed by atoms with Crippen LogP contribution < -0.4 is 9.47 Å². The number of hydrogen-bond donors (Lipinski definition) is 0. The van der Waals surface area contributed by atoms with Crippen molar-refractivity contribution in [2.75, 3.05) is 13.2 Å². The van der Waals surface area contributed by atoms with Gasteiger partial charge in [-0.2, -0.15) is 8.78 Å². The molecule has 0 N–H and O–H groups in total. The van der Waals surface area contributed by atoms with E-state index in [2.05, 4.69) is 105 Å². The molecule has 0 spiro atoms. The van der Waals surface area contributed by atoms with Gasteiger partial charge in [-0.15, -0.1) is 0 Å². The summed E-state index contributed by atoms with van der Waals surface area (Å²) in [5.74, 6) is -8.88. The first-order chi connectivity index (χ1) is 24.5. The Morgan fingerprint density at radius 1 is 0.608 bits per heavy atom. The lowest BCUT2D eigenvalue weighted by atomic mass is 9.99. The van der Waals surface area contributed by atoms with Crippen LogP contribution in [0, 0.1) is 23.3 Å². The van der Waals surface area contributed by atoms with Crippen LogP contribution >= 0.6 is 0 Å². The van der Waals surface area contributed by atoms with Crippen LogP contribution in [0.5, 0.6) is 11.5 Å². The first-order valence-electron chi connectivity index (χ1n) is 16.6. The van der Waals surface area contributed by atoms with E-state index in [0.29, 0.717) is 25.4 Å². The van der Waals surface area contributed by atoms with Gasteiger partial charge in [0, 0.05) is 0 Å². The van der Waals surface area contributed by atoms with E-state index in [1.807, 2.05) is 24.3 Å². The fourth-order valence-corrected chi connectivity index (χ4v) is 7.79. The molecule has 270 valence electrons. The maximum absolute atomic E-state index is 13.8. The quantitative estimate of drug-likeness (QED) is 0.0351. The average molecular weight is 741 g/mol. The van der Waals surface area contributed by atoms with E-state index in [1.165, 1.54) is 20.2 Å². The van der Waals surface area contributed by atoms with Crippen molar-refractivity contribution in [3.8, 4) is 11.5 Å². The van der Waals surface area contributed by atoms with Gasteiger partial charge in [0.2, 0.25) is 11.6 Å². The van der Waals surface area contributed by atoms with Crippen molar-refractivity contribution in [3.63, 3.8) is 0 Å². The summed E-state index contributed by atoms with van der Waals surface area (Å²) in [5, 5.41) is 0. The normalized spacial score (nSPS) is 11.8. The van der Waals surface area contributed by atoms with Crippen LogP contribution in [0.15, 0.2) is 135 Å². The molecule has 0 saturated heterocycles. The van der Waals surface area contributed by atoms with Gasteiger partial charge in [0.05, 0.1) is 24.1 Å². The Bertz CT molecular complexity index is 1790. The molecule has 0 aliphatic heterocycles. The Kier molecular flexibility index (Phi) is 15.0. The van der Waals surface area contributed by atoms with Gasteiger partial charge >= 0.3 is 0 Å². The van der Waals surface area contributed by atoms with Gasteiger partial charge in [-0.05, 0) is 92.1 Å². The Morgan fingerprint density at radius 2 is 1.02 bits per heavy atom. The van der Waals surface area contributed by atoms with Gasteiger partial charge in [-0.25, -0.2) is 17.2 Å². The van der Waals surface area contributed by atoms with Gasteiger partial charge in [0.15, 0.2) is 32.1 Å². The van der Waals surface area contributed by atoms with E-state index < -0.39 is 44.0 Å². The third-order valence-electron chi connectivity index (χ3n) is 7.98. The monoisotopic (exact) mass is 740 g/mol. The van der Waals surface area contributed by atoms with Gasteiger partial charge in [0.25, 0.3) is 0 Å². The lowest BCUT2D eigenvalue weighted by molar-refractivity contribution is 0.255. The van der Waals surface area contributed by atoms with Crippen molar-refractivity contribution in [3.05, 3.63) is 144 Å². The number of ether oxygens (including phenoxy) is 2. The molecule has 0 radical (unpaired) electrons. The molecule has 1 unspecified atom stereocenters. The summed E-state index contributed by atoms with van der Waals surface area (Å²) in [6.45, 7) is 4.50. The highest BCUT2D eigenvalue weighted by atomic mass is 32.2. The van der Waals surface area contributed by atoms with Crippen LogP contribution in [0.2, 0.25) is 0 Å². The minimum absolute atomic E-state index is 0.0146. The maximum atomic E-state index is 13.8. The molecule has 5 aromatic rings. The first-order valence-corrected chi connectivity index (χ1v) is 19.2. The third-order valence-corrected chi connectivity index (χ3v) is 11.1. The Morgan fingerprint density at radius 3 is 1.41 bits per heavy atom. The lowest BCUT2D eigenvalue weighted by Gasteiger charge is -2.14. The highest BCUT2D eigenvalue weighted by Crippen LogP contribution is 2.33. The molecular formula is C40H40F4O5S2. The molecular weight excluding hydrogens is 701 g/mol. The van der Waals surface area contributed by atoms with Crippen molar-refractivity contribution >= 4 is 21.0 Å². The van der Waals surface area contributed by atoms with Crippen LogP contribution in [0.3, 0.4) is 0 Å². The zero-order valence-corrected chi connectivity index (χ0v) is 30.0. The molecule has 5 rings (SSSR count). The van der Waals surface area contributed by atoms with Crippen LogP contribution in [-0.2, 0) is 21.0 Å².